The third-order valence-corrected chi connectivity index (χ3v) is 3.95. The Balaban J connectivity index is 2.15. The average Bonchev–Trinajstić information content (AvgIpc) is 3.18. The number of hydrogen-bond donors (Lipinski definition) is 1. The summed E-state index contributed by atoms with van der Waals surface area (Å²) in [7, 11) is 0. The van der Waals surface area contributed by atoms with Crippen LogP contribution in [-0.4, -0.2) is 12.5 Å². The van der Waals surface area contributed by atoms with E-state index in [0.29, 0.717) is 12.1 Å². The predicted molar refractivity (Wildman–Crippen MR) is 92.3 cm³/mol. The molecule has 1 N–H and O–H groups in total. The van der Waals surface area contributed by atoms with Crippen LogP contribution in [0.2, 0.25) is 0 Å². The first-order valence-electron chi connectivity index (χ1n) is 8.10. The first kappa shape index (κ1) is 16.1. The second-order valence-corrected chi connectivity index (χ2v) is 5.78. The molecule has 0 bridgehead atoms. The molecule has 0 unspecified atom stereocenters. The fourth-order valence-electron chi connectivity index (χ4n) is 2.88. The Bertz CT molecular complexity index is 804. The summed E-state index contributed by atoms with van der Waals surface area (Å²) in [5.41, 5.74) is 1.50. The molecule has 0 fully saturated rings. The van der Waals surface area contributed by atoms with Gasteiger partial charge in [-0.3, -0.25) is 4.79 Å². The van der Waals surface area contributed by atoms with E-state index >= 15 is 0 Å². The van der Waals surface area contributed by atoms with Gasteiger partial charge in [0.15, 0.2) is 0 Å². The van der Waals surface area contributed by atoms with Gasteiger partial charge in [0.25, 0.3) is 5.91 Å². The highest BCUT2D eigenvalue weighted by Gasteiger charge is 2.27. The minimum atomic E-state index is -0.258. The van der Waals surface area contributed by atoms with Crippen molar-refractivity contribution in [3.05, 3.63) is 82.7 Å². The normalized spacial score (nSPS) is 11.0. The van der Waals surface area contributed by atoms with E-state index in [1.807, 2.05) is 69.3 Å². The average molecular weight is 323 g/mol. The summed E-state index contributed by atoms with van der Waals surface area (Å²) in [6.07, 6.45) is 0. The molecule has 2 aromatic heterocycles. The van der Waals surface area contributed by atoms with Crippen molar-refractivity contribution in [2.75, 3.05) is 6.54 Å². The van der Waals surface area contributed by atoms with E-state index in [1.165, 1.54) is 0 Å². The van der Waals surface area contributed by atoms with Crippen LogP contribution in [0.25, 0.3) is 0 Å². The molecule has 0 atom stereocenters. The highest BCUT2D eigenvalue weighted by molar-refractivity contribution is 5.96. The summed E-state index contributed by atoms with van der Waals surface area (Å²) in [6.45, 7) is 6.30. The Labute approximate surface area is 141 Å². The molecule has 0 saturated heterocycles. The smallest absolute Gasteiger partial charge is 0.251 e. The van der Waals surface area contributed by atoms with Gasteiger partial charge in [0.1, 0.15) is 29.0 Å². The minimum Gasteiger partial charge on any atom is -0.465 e. The molecule has 124 valence electrons. The standard InChI is InChI=1S/C20H21NO3/c1-4-21-20(22)16-8-6-5-7-15(16)19(17-11-9-13(2)23-17)18-12-10-14(3)24-18/h5-12,19H,4H2,1-3H3,(H,21,22). The van der Waals surface area contributed by atoms with Crippen molar-refractivity contribution in [3.63, 3.8) is 0 Å². The molecular weight excluding hydrogens is 302 g/mol. The van der Waals surface area contributed by atoms with Crippen LogP contribution in [0.3, 0.4) is 0 Å². The van der Waals surface area contributed by atoms with Crippen LogP contribution in [0, 0.1) is 13.8 Å². The highest BCUT2D eigenvalue weighted by atomic mass is 16.4. The lowest BCUT2D eigenvalue weighted by Crippen LogP contribution is -2.24. The third kappa shape index (κ3) is 3.13. The molecule has 24 heavy (non-hydrogen) atoms. The number of amides is 1. The van der Waals surface area contributed by atoms with Gasteiger partial charge in [-0.1, -0.05) is 18.2 Å². The second kappa shape index (κ2) is 6.79. The quantitative estimate of drug-likeness (QED) is 0.756. The van der Waals surface area contributed by atoms with Crippen molar-refractivity contribution in [1.29, 1.82) is 0 Å². The van der Waals surface area contributed by atoms with Gasteiger partial charge < -0.3 is 14.2 Å². The Kier molecular flexibility index (Phi) is 4.56. The molecule has 4 heteroatoms. The molecule has 1 amide bonds. The van der Waals surface area contributed by atoms with Gasteiger partial charge in [-0.15, -0.1) is 0 Å². The zero-order valence-corrected chi connectivity index (χ0v) is 14.1. The molecule has 3 rings (SSSR count). The van der Waals surface area contributed by atoms with Gasteiger partial charge >= 0.3 is 0 Å². The predicted octanol–water partition coefficient (Wildman–Crippen LogP) is 4.42. The van der Waals surface area contributed by atoms with Gasteiger partial charge in [-0.25, -0.2) is 0 Å². The van der Waals surface area contributed by atoms with Crippen LogP contribution in [0.4, 0.5) is 0 Å². The SMILES string of the molecule is CCNC(=O)c1ccccc1C(c1ccc(C)o1)c1ccc(C)o1. The van der Waals surface area contributed by atoms with Crippen LogP contribution in [0.15, 0.2) is 57.4 Å². The molecule has 0 saturated carbocycles. The van der Waals surface area contributed by atoms with Crippen LogP contribution < -0.4 is 5.32 Å². The Hall–Kier alpha value is -2.75. The summed E-state index contributed by atoms with van der Waals surface area (Å²) in [4.78, 5) is 12.5. The number of furan rings is 2. The van der Waals surface area contributed by atoms with Crippen molar-refractivity contribution < 1.29 is 13.6 Å². The van der Waals surface area contributed by atoms with Crippen LogP contribution >= 0.6 is 0 Å². The molecule has 1 aromatic carbocycles. The van der Waals surface area contributed by atoms with Gasteiger partial charge in [-0.05, 0) is 56.7 Å². The van der Waals surface area contributed by atoms with Crippen molar-refractivity contribution in [2.24, 2.45) is 0 Å². The largest absolute Gasteiger partial charge is 0.465 e. The van der Waals surface area contributed by atoms with E-state index in [2.05, 4.69) is 5.32 Å². The lowest BCUT2D eigenvalue weighted by molar-refractivity contribution is 0.0954. The maximum absolute atomic E-state index is 12.5. The lowest BCUT2D eigenvalue weighted by atomic mass is 9.89. The fraction of sp³-hybridized carbons (Fsp3) is 0.250. The number of nitrogens with one attached hydrogen (secondary N) is 1. The molecule has 4 nitrogen and oxygen atoms in total. The lowest BCUT2D eigenvalue weighted by Gasteiger charge is -2.17. The van der Waals surface area contributed by atoms with E-state index in [4.69, 9.17) is 8.83 Å². The molecule has 0 aliphatic carbocycles. The van der Waals surface area contributed by atoms with Crippen molar-refractivity contribution in [3.8, 4) is 0 Å². The van der Waals surface area contributed by atoms with Crippen molar-refractivity contribution in [1.82, 2.24) is 5.32 Å². The van der Waals surface area contributed by atoms with Crippen molar-refractivity contribution in [2.45, 2.75) is 26.7 Å². The summed E-state index contributed by atoms with van der Waals surface area (Å²) in [5, 5.41) is 2.87. The first-order chi connectivity index (χ1) is 11.6. The second-order valence-electron chi connectivity index (χ2n) is 5.78. The highest BCUT2D eigenvalue weighted by Crippen LogP contribution is 2.35. The van der Waals surface area contributed by atoms with Crippen LogP contribution in [0.5, 0.6) is 0 Å². The molecule has 0 spiro atoms. The monoisotopic (exact) mass is 323 g/mol. The zero-order valence-electron chi connectivity index (χ0n) is 14.1. The topological polar surface area (TPSA) is 55.4 Å². The van der Waals surface area contributed by atoms with Crippen molar-refractivity contribution >= 4 is 5.91 Å². The molecular formula is C20H21NO3. The minimum absolute atomic E-state index is 0.0929. The number of hydrogen-bond acceptors (Lipinski definition) is 3. The summed E-state index contributed by atoms with van der Waals surface area (Å²) >= 11 is 0. The van der Waals surface area contributed by atoms with E-state index < -0.39 is 0 Å². The van der Waals surface area contributed by atoms with E-state index in [1.54, 1.807) is 0 Å². The number of rotatable bonds is 5. The maximum Gasteiger partial charge on any atom is 0.251 e. The van der Waals surface area contributed by atoms with Gasteiger partial charge in [-0.2, -0.15) is 0 Å². The Morgan fingerprint density at radius 3 is 2.04 bits per heavy atom. The Morgan fingerprint density at radius 2 is 1.54 bits per heavy atom. The van der Waals surface area contributed by atoms with Gasteiger partial charge in [0, 0.05) is 12.1 Å². The number of carbonyl (C=O) groups excluding carboxylic acids is 1. The third-order valence-electron chi connectivity index (χ3n) is 3.95. The van der Waals surface area contributed by atoms with E-state index in [0.717, 1.165) is 28.6 Å². The molecule has 0 aliphatic heterocycles. The van der Waals surface area contributed by atoms with E-state index in [9.17, 15) is 4.79 Å². The summed E-state index contributed by atoms with van der Waals surface area (Å²) in [6, 6.07) is 15.3. The molecule has 3 aromatic rings. The van der Waals surface area contributed by atoms with Gasteiger partial charge in [0.2, 0.25) is 0 Å². The maximum atomic E-state index is 12.5. The molecule has 2 heterocycles. The van der Waals surface area contributed by atoms with Gasteiger partial charge in [0.05, 0.1) is 0 Å². The number of benzene rings is 1. The van der Waals surface area contributed by atoms with Crippen LogP contribution in [0.1, 0.15) is 51.8 Å². The Morgan fingerprint density at radius 1 is 0.958 bits per heavy atom. The molecule has 0 radical (unpaired) electrons. The molecule has 0 aliphatic rings. The summed E-state index contributed by atoms with van der Waals surface area (Å²) < 4.78 is 11.7. The number of aryl methyl sites for hydroxylation is 2. The zero-order chi connectivity index (χ0) is 17.1. The summed E-state index contributed by atoms with van der Waals surface area (Å²) in [5.74, 6) is 2.83. The van der Waals surface area contributed by atoms with Crippen LogP contribution in [-0.2, 0) is 0 Å². The fourth-order valence-corrected chi connectivity index (χ4v) is 2.88. The number of carbonyl (C=O) groups is 1. The van der Waals surface area contributed by atoms with E-state index in [-0.39, 0.29) is 11.8 Å². The first-order valence-corrected chi connectivity index (χ1v) is 8.10.